The summed E-state index contributed by atoms with van der Waals surface area (Å²) in [5, 5.41) is 12.9. The molecule has 1 heterocycles. The lowest BCUT2D eigenvalue weighted by atomic mass is 9.85. The largest absolute Gasteiger partial charge is 0.306 e. The minimum atomic E-state index is 0.196. The van der Waals surface area contributed by atoms with Gasteiger partial charge < -0.3 is 5.32 Å². The van der Waals surface area contributed by atoms with Crippen LogP contribution in [0, 0.1) is 31.1 Å². The maximum Gasteiger partial charge on any atom is 0.0672 e. The van der Waals surface area contributed by atoms with Crippen molar-refractivity contribution < 1.29 is 0 Å². The van der Waals surface area contributed by atoms with E-state index in [0.29, 0.717) is 12.1 Å². The molecule has 1 aliphatic carbocycles. The van der Waals surface area contributed by atoms with Crippen LogP contribution in [0.25, 0.3) is 0 Å². The summed E-state index contributed by atoms with van der Waals surface area (Å²) in [5.74, 6) is 0.196. The fraction of sp³-hybridized carbons (Fsp3) is 0.667. The smallest absolute Gasteiger partial charge is 0.0672 e. The van der Waals surface area contributed by atoms with Gasteiger partial charge in [-0.15, -0.1) is 11.3 Å². The third kappa shape index (κ3) is 2.93. The molecule has 0 aromatic carbocycles. The summed E-state index contributed by atoms with van der Waals surface area (Å²) >= 11 is 1.86. The van der Waals surface area contributed by atoms with Crippen LogP contribution in [-0.2, 0) is 0 Å². The van der Waals surface area contributed by atoms with Crippen LogP contribution in [0.1, 0.15) is 54.0 Å². The number of nitriles is 1. The van der Waals surface area contributed by atoms with E-state index in [0.717, 1.165) is 12.8 Å². The Hall–Kier alpha value is -0.850. The van der Waals surface area contributed by atoms with Crippen LogP contribution in [0.5, 0.6) is 0 Å². The number of rotatable bonds is 3. The van der Waals surface area contributed by atoms with Crippen molar-refractivity contribution >= 4 is 11.3 Å². The first-order valence-corrected chi connectivity index (χ1v) is 7.66. The van der Waals surface area contributed by atoms with Gasteiger partial charge in [0.05, 0.1) is 12.0 Å². The minimum absolute atomic E-state index is 0.196. The molecule has 1 aromatic heterocycles. The van der Waals surface area contributed by atoms with Gasteiger partial charge in [-0.25, -0.2) is 0 Å². The highest BCUT2D eigenvalue weighted by Gasteiger charge is 2.26. The van der Waals surface area contributed by atoms with Crippen molar-refractivity contribution in [3.63, 3.8) is 0 Å². The van der Waals surface area contributed by atoms with Gasteiger partial charge in [-0.1, -0.05) is 12.8 Å². The molecule has 3 unspecified atom stereocenters. The zero-order valence-corrected chi connectivity index (χ0v) is 12.3. The highest BCUT2D eigenvalue weighted by atomic mass is 32.1. The van der Waals surface area contributed by atoms with Crippen molar-refractivity contribution in [2.24, 2.45) is 5.92 Å². The van der Waals surface area contributed by atoms with Crippen molar-refractivity contribution in [1.29, 1.82) is 5.26 Å². The summed E-state index contributed by atoms with van der Waals surface area (Å²) in [6, 6.07) is 5.48. The average Bonchev–Trinajstić information content (AvgIpc) is 2.69. The van der Waals surface area contributed by atoms with E-state index in [2.05, 4.69) is 38.2 Å². The molecule has 0 saturated heterocycles. The average molecular weight is 262 g/mol. The molecular weight excluding hydrogens is 240 g/mol. The normalized spacial score (nSPS) is 25.7. The van der Waals surface area contributed by atoms with Gasteiger partial charge in [0.1, 0.15) is 0 Å². The van der Waals surface area contributed by atoms with Crippen LogP contribution in [0.15, 0.2) is 6.07 Å². The summed E-state index contributed by atoms with van der Waals surface area (Å²) in [5.41, 5.74) is 1.40. The Balaban J connectivity index is 2.04. The maximum atomic E-state index is 9.22. The molecular formula is C15H22N2S. The predicted molar refractivity (Wildman–Crippen MR) is 76.7 cm³/mol. The Labute approximate surface area is 114 Å². The minimum Gasteiger partial charge on any atom is -0.306 e. The molecule has 1 saturated carbocycles. The van der Waals surface area contributed by atoms with E-state index in [1.54, 1.807) is 0 Å². The molecule has 0 radical (unpaired) electrons. The first kappa shape index (κ1) is 13.6. The molecule has 1 aromatic rings. The number of nitrogens with one attached hydrogen (secondary N) is 1. The monoisotopic (exact) mass is 262 g/mol. The lowest BCUT2D eigenvalue weighted by Crippen LogP contribution is -2.39. The Morgan fingerprint density at radius 1 is 1.39 bits per heavy atom. The first-order valence-electron chi connectivity index (χ1n) is 6.84. The third-order valence-corrected chi connectivity index (χ3v) is 4.92. The van der Waals surface area contributed by atoms with E-state index >= 15 is 0 Å². The van der Waals surface area contributed by atoms with Crippen molar-refractivity contribution in [1.82, 2.24) is 5.32 Å². The Morgan fingerprint density at radius 2 is 2.11 bits per heavy atom. The molecule has 2 rings (SSSR count). The number of hydrogen-bond donors (Lipinski definition) is 1. The molecule has 1 fully saturated rings. The SMILES string of the molecule is Cc1cc(C(C)NC2CCCCC2C#N)c(C)s1. The number of nitrogens with zero attached hydrogens (tertiary/aromatic N) is 1. The second-order valence-electron chi connectivity index (χ2n) is 5.38. The van der Waals surface area contributed by atoms with Crippen LogP contribution in [0.4, 0.5) is 0 Å². The zero-order chi connectivity index (χ0) is 13.1. The lowest BCUT2D eigenvalue weighted by molar-refractivity contribution is 0.292. The number of thiophene rings is 1. The fourth-order valence-electron chi connectivity index (χ4n) is 2.98. The topological polar surface area (TPSA) is 35.8 Å². The second-order valence-corrected chi connectivity index (χ2v) is 6.84. The molecule has 0 spiro atoms. The summed E-state index contributed by atoms with van der Waals surface area (Å²) in [4.78, 5) is 2.77. The van der Waals surface area contributed by atoms with Gasteiger partial charge in [0.15, 0.2) is 0 Å². The summed E-state index contributed by atoms with van der Waals surface area (Å²) in [6.07, 6.45) is 4.67. The van der Waals surface area contributed by atoms with Crippen molar-refractivity contribution in [3.8, 4) is 6.07 Å². The number of aryl methyl sites for hydroxylation is 2. The van der Waals surface area contributed by atoms with Crippen LogP contribution in [0.3, 0.4) is 0 Å². The molecule has 0 aliphatic heterocycles. The van der Waals surface area contributed by atoms with Crippen molar-refractivity contribution in [2.45, 2.75) is 58.5 Å². The molecule has 98 valence electrons. The number of hydrogen-bond acceptors (Lipinski definition) is 3. The summed E-state index contributed by atoms with van der Waals surface area (Å²) in [6.45, 7) is 6.57. The van der Waals surface area contributed by atoms with Crippen molar-refractivity contribution in [2.75, 3.05) is 0 Å². The molecule has 1 aliphatic rings. The van der Waals surface area contributed by atoms with Crippen LogP contribution in [-0.4, -0.2) is 6.04 Å². The maximum absolute atomic E-state index is 9.22. The summed E-state index contributed by atoms with van der Waals surface area (Å²) in [7, 11) is 0. The standard InChI is InChI=1S/C15H22N2S/c1-10-8-14(12(3)18-10)11(2)17-15-7-5-4-6-13(15)9-16/h8,11,13,15,17H,4-7H2,1-3H3. The molecule has 18 heavy (non-hydrogen) atoms. The van der Waals surface area contributed by atoms with Crippen LogP contribution >= 0.6 is 11.3 Å². The predicted octanol–water partition coefficient (Wildman–Crippen LogP) is 4.10. The molecule has 3 heteroatoms. The highest BCUT2D eigenvalue weighted by Crippen LogP contribution is 2.30. The lowest BCUT2D eigenvalue weighted by Gasteiger charge is -2.30. The Bertz CT molecular complexity index is 444. The quantitative estimate of drug-likeness (QED) is 0.890. The van der Waals surface area contributed by atoms with Crippen molar-refractivity contribution in [3.05, 3.63) is 21.4 Å². The van der Waals surface area contributed by atoms with Gasteiger partial charge in [0.25, 0.3) is 0 Å². The highest BCUT2D eigenvalue weighted by molar-refractivity contribution is 7.12. The van der Waals surface area contributed by atoms with Gasteiger partial charge in [0.2, 0.25) is 0 Å². The molecule has 3 atom stereocenters. The van der Waals surface area contributed by atoms with E-state index in [4.69, 9.17) is 0 Å². The van der Waals surface area contributed by atoms with E-state index in [1.165, 1.54) is 28.2 Å². The summed E-state index contributed by atoms with van der Waals surface area (Å²) < 4.78 is 0. The van der Waals surface area contributed by atoms with E-state index < -0.39 is 0 Å². The van der Waals surface area contributed by atoms with Gasteiger partial charge in [0, 0.05) is 21.8 Å². The van der Waals surface area contributed by atoms with Gasteiger partial charge in [-0.3, -0.25) is 0 Å². The van der Waals surface area contributed by atoms with Crippen LogP contribution < -0.4 is 5.32 Å². The van der Waals surface area contributed by atoms with E-state index in [9.17, 15) is 5.26 Å². The third-order valence-electron chi connectivity index (χ3n) is 3.94. The van der Waals surface area contributed by atoms with E-state index in [1.807, 2.05) is 11.3 Å². The van der Waals surface area contributed by atoms with Gasteiger partial charge >= 0.3 is 0 Å². The zero-order valence-electron chi connectivity index (χ0n) is 11.5. The molecule has 0 amide bonds. The molecule has 2 nitrogen and oxygen atoms in total. The Morgan fingerprint density at radius 3 is 2.72 bits per heavy atom. The fourth-order valence-corrected chi connectivity index (χ4v) is 4.00. The van der Waals surface area contributed by atoms with Crippen LogP contribution in [0.2, 0.25) is 0 Å². The van der Waals surface area contributed by atoms with E-state index in [-0.39, 0.29) is 5.92 Å². The molecule has 1 N–H and O–H groups in total. The Kier molecular flexibility index (Phi) is 4.42. The van der Waals surface area contributed by atoms with Gasteiger partial charge in [-0.2, -0.15) is 5.26 Å². The first-order chi connectivity index (χ1) is 8.61. The van der Waals surface area contributed by atoms with Gasteiger partial charge in [-0.05, 0) is 45.2 Å². The molecule has 0 bridgehead atoms. The second kappa shape index (κ2) is 5.86.